The summed E-state index contributed by atoms with van der Waals surface area (Å²) in [5.74, 6) is -1.07. The van der Waals surface area contributed by atoms with Crippen LogP contribution in [0.5, 0.6) is 0 Å². The molecule has 266 valence electrons. The lowest BCUT2D eigenvalue weighted by Gasteiger charge is -2.32. The number of para-hydroxylation sites is 1. The van der Waals surface area contributed by atoms with Crippen LogP contribution in [0.1, 0.15) is 48.8 Å². The molecule has 14 heteroatoms. The third-order valence-corrected chi connectivity index (χ3v) is 11.0. The van der Waals surface area contributed by atoms with Crippen LogP contribution in [0.3, 0.4) is 0 Å². The molecular formula is C36H44Cl2N8O3S. The molecule has 0 aliphatic carbocycles. The summed E-state index contributed by atoms with van der Waals surface area (Å²) >= 11 is 14.9. The van der Waals surface area contributed by atoms with Crippen molar-refractivity contribution < 1.29 is 14.4 Å². The van der Waals surface area contributed by atoms with Crippen LogP contribution in [-0.2, 0) is 33.9 Å². The average molecular weight is 740 g/mol. The zero-order valence-electron chi connectivity index (χ0n) is 28.0. The van der Waals surface area contributed by atoms with Crippen molar-refractivity contribution in [2.75, 3.05) is 20.1 Å². The second-order valence-electron chi connectivity index (χ2n) is 12.4. The second-order valence-corrected chi connectivity index (χ2v) is 14.2. The SMILES string of the molecule is CN1C(=O)[C@H](CCCCN)NC(=O)[C@H](CCCN)NCc2cccnc2Sc2c(Cl)ccc(Cl)c2CNC(=O)[C@@H]1Cc1c[nH]c2ccccc12. The van der Waals surface area contributed by atoms with E-state index in [0.29, 0.717) is 77.3 Å². The number of carbonyl (C=O) groups excluding carboxylic acids is 3. The maximum atomic E-state index is 14.4. The summed E-state index contributed by atoms with van der Waals surface area (Å²) in [5, 5.41) is 12.0. The van der Waals surface area contributed by atoms with Gasteiger partial charge in [-0.25, -0.2) is 4.98 Å². The van der Waals surface area contributed by atoms with Crippen LogP contribution < -0.4 is 27.4 Å². The van der Waals surface area contributed by atoms with E-state index in [9.17, 15) is 14.4 Å². The average Bonchev–Trinajstić information content (AvgIpc) is 3.53. The van der Waals surface area contributed by atoms with Gasteiger partial charge >= 0.3 is 0 Å². The van der Waals surface area contributed by atoms with Crippen LogP contribution in [-0.4, -0.2) is 70.9 Å². The minimum absolute atomic E-state index is 0.0607. The Hall–Kier alpha value is -3.65. The maximum Gasteiger partial charge on any atom is 0.245 e. The van der Waals surface area contributed by atoms with Gasteiger partial charge in [-0.1, -0.05) is 59.2 Å². The highest BCUT2D eigenvalue weighted by Gasteiger charge is 2.34. The van der Waals surface area contributed by atoms with E-state index in [1.807, 2.05) is 42.6 Å². The molecule has 0 bridgehead atoms. The Morgan fingerprint density at radius 1 is 0.900 bits per heavy atom. The zero-order valence-corrected chi connectivity index (χ0v) is 30.3. The molecule has 0 radical (unpaired) electrons. The Morgan fingerprint density at radius 2 is 1.66 bits per heavy atom. The molecule has 0 saturated carbocycles. The molecule has 4 aromatic rings. The quantitative estimate of drug-likeness (QED) is 0.136. The molecule has 0 saturated heterocycles. The van der Waals surface area contributed by atoms with Crippen LogP contribution in [0, 0.1) is 0 Å². The number of aromatic amines is 1. The molecule has 3 heterocycles. The van der Waals surface area contributed by atoms with Crippen molar-refractivity contribution in [1.82, 2.24) is 30.8 Å². The van der Waals surface area contributed by atoms with Crippen LogP contribution in [0.2, 0.25) is 10.0 Å². The third kappa shape index (κ3) is 9.17. The van der Waals surface area contributed by atoms with Gasteiger partial charge in [-0.3, -0.25) is 14.4 Å². The van der Waals surface area contributed by atoms with E-state index in [4.69, 9.17) is 34.7 Å². The molecule has 3 atom stereocenters. The van der Waals surface area contributed by atoms with Gasteiger partial charge in [-0.05, 0) is 80.6 Å². The number of benzene rings is 2. The molecule has 8 N–H and O–H groups in total. The minimum atomic E-state index is -0.922. The summed E-state index contributed by atoms with van der Waals surface area (Å²) in [5.41, 5.74) is 14.9. The number of nitrogens with one attached hydrogen (secondary N) is 4. The van der Waals surface area contributed by atoms with E-state index >= 15 is 0 Å². The van der Waals surface area contributed by atoms with Crippen molar-refractivity contribution in [2.24, 2.45) is 11.5 Å². The van der Waals surface area contributed by atoms with Crippen molar-refractivity contribution in [3.05, 3.63) is 87.7 Å². The smallest absolute Gasteiger partial charge is 0.245 e. The Morgan fingerprint density at radius 3 is 2.46 bits per heavy atom. The van der Waals surface area contributed by atoms with Crippen LogP contribution in [0.15, 0.2) is 70.8 Å². The highest BCUT2D eigenvalue weighted by molar-refractivity contribution is 7.99. The van der Waals surface area contributed by atoms with Crippen LogP contribution in [0.4, 0.5) is 0 Å². The Kier molecular flexibility index (Phi) is 13.6. The van der Waals surface area contributed by atoms with Crippen molar-refractivity contribution in [3.63, 3.8) is 0 Å². The summed E-state index contributed by atoms with van der Waals surface area (Å²) in [6.07, 6.45) is 6.50. The number of aromatic nitrogens is 2. The molecule has 2 aromatic carbocycles. The van der Waals surface area contributed by atoms with Crippen molar-refractivity contribution in [1.29, 1.82) is 0 Å². The lowest BCUT2D eigenvalue weighted by molar-refractivity contribution is -0.142. The number of fused-ring (bicyclic) bond motifs is 3. The number of nitrogens with zero attached hydrogens (tertiary/aromatic N) is 2. The van der Waals surface area contributed by atoms with Gasteiger partial charge < -0.3 is 37.3 Å². The molecule has 2 aromatic heterocycles. The molecule has 1 aliphatic rings. The summed E-state index contributed by atoms with van der Waals surface area (Å²) in [4.78, 5) is 52.5. The van der Waals surface area contributed by atoms with Gasteiger partial charge in [0.15, 0.2) is 0 Å². The second kappa shape index (κ2) is 18.0. The number of rotatable bonds is 9. The van der Waals surface area contributed by atoms with Crippen molar-refractivity contribution in [2.45, 2.75) is 79.7 Å². The monoisotopic (exact) mass is 738 g/mol. The third-order valence-electron chi connectivity index (χ3n) is 8.96. The summed E-state index contributed by atoms with van der Waals surface area (Å²) < 4.78 is 0. The van der Waals surface area contributed by atoms with E-state index in [1.54, 1.807) is 25.4 Å². The van der Waals surface area contributed by atoms with Crippen LogP contribution in [0.25, 0.3) is 10.9 Å². The first-order chi connectivity index (χ1) is 24.2. The predicted octanol–water partition coefficient (Wildman–Crippen LogP) is 4.53. The fourth-order valence-corrected chi connectivity index (χ4v) is 7.73. The lowest BCUT2D eigenvalue weighted by atomic mass is 10.0. The number of hydrogen-bond acceptors (Lipinski definition) is 8. The lowest BCUT2D eigenvalue weighted by Crippen LogP contribution is -2.57. The van der Waals surface area contributed by atoms with Gasteiger partial charge in [0, 0.05) is 65.3 Å². The Bertz CT molecular complexity index is 1800. The standard InChI is InChI=1S/C36H44Cl2N8O3S/c1-46-31(18-23-20-42-28-10-3-2-9-24(23)28)34(48)44-21-25-26(37)13-14-27(38)32(25)50-35-22(8-7-17-41-35)19-43-29(12-6-16-40)33(47)45-30(36(46)49)11-4-5-15-39/h2-3,7-10,13-14,17,20,29-31,42-43H,4-6,11-12,15-16,18-19,21,39-40H2,1H3,(H,44,48)(H,45,47)/t29-,30-,31-/m0/s1. The van der Waals surface area contributed by atoms with E-state index in [1.165, 1.54) is 16.7 Å². The number of unbranched alkanes of at least 4 members (excludes halogenated alkanes) is 1. The molecule has 50 heavy (non-hydrogen) atoms. The van der Waals surface area contributed by atoms with Crippen LogP contribution >= 0.6 is 35.0 Å². The molecule has 3 amide bonds. The predicted molar refractivity (Wildman–Crippen MR) is 199 cm³/mol. The molecule has 0 spiro atoms. The van der Waals surface area contributed by atoms with Gasteiger partial charge in [0.1, 0.15) is 17.1 Å². The maximum absolute atomic E-state index is 14.4. The van der Waals surface area contributed by atoms with E-state index in [2.05, 4.69) is 25.9 Å². The van der Waals surface area contributed by atoms with Gasteiger partial charge in [0.2, 0.25) is 17.7 Å². The summed E-state index contributed by atoms with van der Waals surface area (Å²) in [7, 11) is 1.61. The Labute approximate surface area is 306 Å². The number of carbonyl (C=O) groups is 3. The fourth-order valence-electron chi connectivity index (χ4n) is 6.11. The number of amides is 3. The molecule has 11 nitrogen and oxygen atoms in total. The molecule has 0 unspecified atom stereocenters. The Balaban J connectivity index is 1.58. The molecule has 5 rings (SSSR count). The van der Waals surface area contributed by atoms with Gasteiger partial charge in [0.25, 0.3) is 0 Å². The zero-order chi connectivity index (χ0) is 35.6. The first kappa shape index (κ1) is 37.6. The number of H-pyrrole nitrogens is 1. The number of hydrogen-bond donors (Lipinski definition) is 6. The van der Waals surface area contributed by atoms with Crippen molar-refractivity contribution in [3.8, 4) is 0 Å². The number of halogens is 2. The van der Waals surface area contributed by atoms with E-state index < -0.39 is 18.1 Å². The minimum Gasteiger partial charge on any atom is -0.361 e. The normalized spacial score (nSPS) is 19.4. The van der Waals surface area contributed by atoms with Gasteiger partial charge in [-0.2, -0.15) is 0 Å². The summed E-state index contributed by atoms with van der Waals surface area (Å²) in [6.45, 7) is 1.24. The number of pyridine rings is 1. The highest BCUT2D eigenvalue weighted by atomic mass is 35.5. The first-order valence-electron chi connectivity index (χ1n) is 16.8. The van der Waals surface area contributed by atoms with Crippen molar-refractivity contribution >= 4 is 63.6 Å². The topological polar surface area (TPSA) is 171 Å². The number of nitrogens with two attached hydrogens (primary N) is 2. The van der Waals surface area contributed by atoms with E-state index in [0.717, 1.165) is 22.0 Å². The largest absolute Gasteiger partial charge is 0.361 e. The van der Waals surface area contributed by atoms with Gasteiger partial charge in [-0.15, -0.1) is 0 Å². The first-order valence-corrected chi connectivity index (χ1v) is 18.4. The summed E-state index contributed by atoms with van der Waals surface area (Å²) in [6, 6.07) is 12.5. The molecule has 0 fully saturated rings. The molecule has 1 aliphatic heterocycles. The van der Waals surface area contributed by atoms with Gasteiger partial charge in [0.05, 0.1) is 11.1 Å². The molecular weight excluding hydrogens is 695 g/mol. The fraction of sp³-hybridized carbons (Fsp3) is 0.389. The highest BCUT2D eigenvalue weighted by Crippen LogP contribution is 2.39. The number of likely N-dealkylation sites (N-methyl/N-ethyl adjacent to an activating group) is 1. The van der Waals surface area contributed by atoms with E-state index in [-0.39, 0.29) is 30.7 Å².